The second-order valence-corrected chi connectivity index (χ2v) is 9.03. The number of hydrogen-bond acceptors (Lipinski definition) is 6. The summed E-state index contributed by atoms with van der Waals surface area (Å²) in [5.41, 5.74) is 4.21. The van der Waals surface area contributed by atoms with E-state index in [1.54, 1.807) is 6.20 Å². The van der Waals surface area contributed by atoms with Crippen LogP contribution >= 0.6 is 0 Å². The zero-order valence-corrected chi connectivity index (χ0v) is 19.6. The number of piperidine rings is 1. The lowest BCUT2D eigenvalue weighted by Gasteiger charge is -2.33. The number of nitrogens with one attached hydrogen (secondary N) is 1. The Morgan fingerprint density at radius 2 is 1.74 bits per heavy atom. The zero-order valence-electron chi connectivity index (χ0n) is 19.6. The Labute approximate surface area is 200 Å². The Hall–Kier alpha value is -3.45. The first kappa shape index (κ1) is 22.3. The predicted molar refractivity (Wildman–Crippen MR) is 135 cm³/mol. The average Bonchev–Trinajstić information content (AvgIpc) is 2.90. The molecule has 2 saturated heterocycles. The number of anilines is 3. The molecule has 34 heavy (non-hydrogen) atoms. The van der Waals surface area contributed by atoms with E-state index in [4.69, 9.17) is 9.72 Å². The molecule has 1 unspecified atom stereocenters. The fourth-order valence-corrected chi connectivity index (χ4v) is 4.59. The lowest BCUT2D eigenvalue weighted by atomic mass is 9.97. The maximum absolute atomic E-state index is 13.1. The van der Waals surface area contributed by atoms with Crippen LogP contribution in [0.5, 0.6) is 0 Å². The molecule has 2 aliphatic rings. The third kappa shape index (κ3) is 5.20. The van der Waals surface area contributed by atoms with Crippen LogP contribution in [0.25, 0.3) is 11.4 Å². The number of ether oxygens (including phenoxy) is 1. The number of rotatable bonds is 5. The van der Waals surface area contributed by atoms with Crippen molar-refractivity contribution in [3.63, 3.8) is 0 Å². The van der Waals surface area contributed by atoms with E-state index in [1.807, 2.05) is 30.3 Å². The van der Waals surface area contributed by atoms with Crippen LogP contribution in [-0.2, 0) is 9.53 Å². The van der Waals surface area contributed by atoms with E-state index < -0.39 is 0 Å². The molecule has 1 N–H and O–H groups in total. The maximum atomic E-state index is 13.1. The highest BCUT2D eigenvalue weighted by atomic mass is 16.5. The number of aromatic nitrogens is 2. The topological polar surface area (TPSA) is 70.6 Å². The van der Waals surface area contributed by atoms with Crippen molar-refractivity contribution in [2.75, 3.05) is 54.5 Å². The van der Waals surface area contributed by atoms with Crippen molar-refractivity contribution < 1.29 is 9.53 Å². The maximum Gasteiger partial charge on any atom is 0.229 e. The Balaban J connectivity index is 1.22. The first-order valence-corrected chi connectivity index (χ1v) is 12.0. The highest BCUT2D eigenvalue weighted by Crippen LogP contribution is 2.26. The fourth-order valence-electron chi connectivity index (χ4n) is 4.59. The highest BCUT2D eigenvalue weighted by Gasteiger charge is 2.27. The number of amides is 1. The number of nitrogens with zero attached hydrogens (tertiary/aromatic N) is 4. The van der Waals surface area contributed by atoms with Gasteiger partial charge in [-0.3, -0.25) is 4.79 Å². The Bertz CT molecular complexity index is 1110. The molecular weight excluding hydrogens is 426 g/mol. The SMILES string of the molecule is Cc1ccc(-c2nccc(N3CCCC(C(=O)Nc4ccc(N5CCOCC5)cc4)C3)n2)cc1. The normalized spacial score (nSPS) is 18.6. The van der Waals surface area contributed by atoms with Crippen LogP contribution in [0.15, 0.2) is 60.8 Å². The van der Waals surface area contributed by atoms with Gasteiger partial charge >= 0.3 is 0 Å². The van der Waals surface area contributed by atoms with Crippen LogP contribution in [0.1, 0.15) is 18.4 Å². The molecule has 1 amide bonds. The van der Waals surface area contributed by atoms with E-state index in [-0.39, 0.29) is 11.8 Å². The van der Waals surface area contributed by atoms with Gasteiger partial charge < -0.3 is 19.9 Å². The molecule has 0 radical (unpaired) electrons. The smallest absolute Gasteiger partial charge is 0.229 e. The minimum absolute atomic E-state index is 0.0663. The monoisotopic (exact) mass is 457 g/mol. The Morgan fingerprint density at radius 3 is 2.50 bits per heavy atom. The van der Waals surface area contributed by atoms with E-state index in [0.29, 0.717) is 12.4 Å². The van der Waals surface area contributed by atoms with Crippen molar-refractivity contribution in [3.8, 4) is 11.4 Å². The number of aryl methyl sites for hydroxylation is 1. The molecule has 0 saturated carbocycles. The van der Waals surface area contributed by atoms with E-state index in [0.717, 1.165) is 62.8 Å². The van der Waals surface area contributed by atoms with Gasteiger partial charge in [-0.25, -0.2) is 9.97 Å². The molecule has 3 heterocycles. The minimum Gasteiger partial charge on any atom is -0.378 e. The lowest BCUT2D eigenvalue weighted by molar-refractivity contribution is -0.120. The van der Waals surface area contributed by atoms with Gasteiger partial charge in [0.15, 0.2) is 5.82 Å². The zero-order chi connectivity index (χ0) is 23.3. The quantitative estimate of drug-likeness (QED) is 0.621. The molecule has 1 aromatic heterocycles. The Kier molecular flexibility index (Phi) is 6.72. The standard InChI is InChI=1S/C27H31N5O2/c1-20-4-6-21(7-5-20)26-28-13-12-25(30-26)32-14-2-3-22(19-32)27(33)29-23-8-10-24(11-9-23)31-15-17-34-18-16-31/h4-13,22H,2-3,14-19H2,1H3,(H,29,33). The summed E-state index contributed by atoms with van der Waals surface area (Å²) in [5, 5.41) is 3.11. The number of hydrogen-bond donors (Lipinski definition) is 1. The summed E-state index contributed by atoms with van der Waals surface area (Å²) in [6.07, 6.45) is 3.64. The summed E-state index contributed by atoms with van der Waals surface area (Å²) in [5.74, 6) is 1.57. The van der Waals surface area contributed by atoms with Gasteiger partial charge in [0.05, 0.1) is 19.1 Å². The largest absolute Gasteiger partial charge is 0.378 e. The average molecular weight is 458 g/mol. The molecule has 0 aliphatic carbocycles. The number of benzene rings is 2. The van der Waals surface area contributed by atoms with Crippen LogP contribution < -0.4 is 15.1 Å². The van der Waals surface area contributed by atoms with Crippen molar-refractivity contribution in [2.24, 2.45) is 5.92 Å². The van der Waals surface area contributed by atoms with Gasteiger partial charge in [-0.15, -0.1) is 0 Å². The number of morpholine rings is 1. The molecule has 2 aromatic carbocycles. The van der Waals surface area contributed by atoms with Crippen molar-refractivity contribution >= 4 is 23.1 Å². The van der Waals surface area contributed by atoms with Crippen LogP contribution in [0.4, 0.5) is 17.2 Å². The molecule has 2 fully saturated rings. The van der Waals surface area contributed by atoms with Gasteiger partial charge in [0.25, 0.3) is 0 Å². The van der Waals surface area contributed by atoms with Crippen molar-refractivity contribution in [1.82, 2.24) is 9.97 Å². The summed E-state index contributed by atoms with van der Waals surface area (Å²) in [6, 6.07) is 18.3. The van der Waals surface area contributed by atoms with Crippen LogP contribution in [0.2, 0.25) is 0 Å². The molecule has 7 heteroatoms. The van der Waals surface area contributed by atoms with E-state index >= 15 is 0 Å². The van der Waals surface area contributed by atoms with Gasteiger partial charge in [-0.1, -0.05) is 29.8 Å². The van der Waals surface area contributed by atoms with Crippen molar-refractivity contribution in [3.05, 3.63) is 66.4 Å². The lowest BCUT2D eigenvalue weighted by Crippen LogP contribution is -2.41. The van der Waals surface area contributed by atoms with Gasteiger partial charge in [-0.05, 0) is 50.1 Å². The molecule has 7 nitrogen and oxygen atoms in total. The molecular formula is C27H31N5O2. The van der Waals surface area contributed by atoms with E-state index in [9.17, 15) is 4.79 Å². The molecule has 5 rings (SSSR count). The van der Waals surface area contributed by atoms with Crippen LogP contribution in [0, 0.1) is 12.8 Å². The first-order chi connectivity index (χ1) is 16.7. The summed E-state index contributed by atoms with van der Waals surface area (Å²) in [6.45, 7) is 6.94. The van der Waals surface area contributed by atoms with Crippen LogP contribution in [0.3, 0.4) is 0 Å². The van der Waals surface area contributed by atoms with Gasteiger partial charge in [0.1, 0.15) is 5.82 Å². The molecule has 176 valence electrons. The van der Waals surface area contributed by atoms with Gasteiger partial charge in [0, 0.05) is 49.3 Å². The second-order valence-electron chi connectivity index (χ2n) is 9.03. The summed E-state index contributed by atoms with van der Waals surface area (Å²) < 4.78 is 5.43. The summed E-state index contributed by atoms with van der Waals surface area (Å²) in [7, 11) is 0. The van der Waals surface area contributed by atoms with Crippen molar-refractivity contribution in [2.45, 2.75) is 19.8 Å². The minimum atomic E-state index is -0.0783. The van der Waals surface area contributed by atoms with Crippen LogP contribution in [-0.4, -0.2) is 55.3 Å². The second kappa shape index (κ2) is 10.2. The Morgan fingerprint density at radius 1 is 0.971 bits per heavy atom. The van der Waals surface area contributed by atoms with Gasteiger partial charge in [0.2, 0.25) is 5.91 Å². The number of carbonyl (C=O) groups excluding carboxylic acids is 1. The summed E-state index contributed by atoms with van der Waals surface area (Å²) in [4.78, 5) is 26.8. The molecule has 3 aromatic rings. The first-order valence-electron chi connectivity index (χ1n) is 12.0. The third-order valence-corrected chi connectivity index (χ3v) is 6.58. The molecule has 0 spiro atoms. The molecule has 2 aliphatic heterocycles. The fraction of sp³-hybridized carbons (Fsp3) is 0.370. The van der Waals surface area contributed by atoms with Crippen molar-refractivity contribution in [1.29, 1.82) is 0 Å². The van der Waals surface area contributed by atoms with Gasteiger partial charge in [-0.2, -0.15) is 0 Å². The van der Waals surface area contributed by atoms with E-state index in [1.165, 1.54) is 11.3 Å². The van der Waals surface area contributed by atoms with E-state index in [2.05, 4.69) is 51.3 Å². The molecule has 1 atom stereocenters. The molecule has 0 bridgehead atoms. The highest BCUT2D eigenvalue weighted by molar-refractivity contribution is 5.93. The third-order valence-electron chi connectivity index (χ3n) is 6.58. The summed E-state index contributed by atoms with van der Waals surface area (Å²) >= 11 is 0. The number of carbonyl (C=O) groups is 1. The predicted octanol–water partition coefficient (Wildman–Crippen LogP) is 4.14.